The molecule has 4 aromatic rings. The summed E-state index contributed by atoms with van der Waals surface area (Å²) >= 11 is 0. The van der Waals surface area contributed by atoms with Gasteiger partial charge in [-0.05, 0) is 36.8 Å². The van der Waals surface area contributed by atoms with Crippen LogP contribution in [0.3, 0.4) is 0 Å². The first-order valence-corrected chi connectivity index (χ1v) is 12.2. The fourth-order valence-corrected chi connectivity index (χ4v) is 4.48. The van der Waals surface area contributed by atoms with Gasteiger partial charge in [0.2, 0.25) is 0 Å². The van der Waals surface area contributed by atoms with Crippen LogP contribution in [-0.2, 0) is 6.42 Å². The van der Waals surface area contributed by atoms with E-state index in [9.17, 15) is 13.6 Å². The Bertz CT molecular complexity index is 1400. The van der Waals surface area contributed by atoms with Crippen LogP contribution in [0.2, 0.25) is 0 Å². The minimum absolute atomic E-state index is 0.159. The van der Waals surface area contributed by atoms with E-state index in [0.29, 0.717) is 44.0 Å². The Balaban J connectivity index is 1.40. The molecule has 6 nitrogen and oxygen atoms in total. The molecule has 1 aliphatic heterocycles. The maximum absolute atomic E-state index is 14.0. The molecule has 0 spiro atoms. The van der Waals surface area contributed by atoms with Crippen LogP contribution in [-0.4, -0.2) is 47.1 Å². The predicted molar refractivity (Wildman–Crippen MR) is 141 cm³/mol. The summed E-state index contributed by atoms with van der Waals surface area (Å²) in [5.74, 6) is 0.429. The summed E-state index contributed by atoms with van der Waals surface area (Å²) < 4.78 is 27.9. The molecule has 1 aliphatic rings. The van der Waals surface area contributed by atoms with Crippen molar-refractivity contribution >= 4 is 17.5 Å². The van der Waals surface area contributed by atoms with Crippen molar-refractivity contribution < 1.29 is 13.6 Å². The molecule has 37 heavy (non-hydrogen) atoms. The average molecular weight is 500 g/mol. The lowest BCUT2D eigenvalue weighted by Gasteiger charge is -2.36. The summed E-state index contributed by atoms with van der Waals surface area (Å²) in [4.78, 5) is 26.2. The Morgan fingerprint density at radius 3 is 2.35 bits per heavy atom. The Kier molecular flexibility index (Phi) is 7.07. The van der Waals surface area contributed by atoms with Crippen molar-refractivity contribution in [2.45, 2.75) is 13.3 Å². The number of piperazine rings is 1. The smallest absolute Gasteiger partial charge is 0.322 e. The molecule has 1 N–H and O–H groups in total. The molecule has 1 fully saturated rings. The number of benzene rings is 3. The molecule has 0 atom stereocenters. The third-order valence-electron chi connectivity index (χ3n) is 6.48. The largest absolute Gasteiger partial charge is 0.353 e. The Morgan fingerprint density at radius 2 is 1.62 bits per heavy atom. The molecular weight excluding hydrogens is 472 g/mol. The summed E-state index contributed by atoms with van der Waals surface area (Å²) in [6.45, 7) is 3.94. The Hall–Kier alpha value is -4.33. The minimum Gasteiger partial charge on any atom is -0.353 e. The third kappa shape index (κ3) is 5.58. The number of para-hydroxylation sites is 1. The van der Waals surface area contributed by atoms with E-state index >= 15 is 0 Å². The standard InChI is InChI=1S/C29H27F2N5O/c1-20-24(18-21-8-3-2-4-9-21)28(34-27(32-20)22-10-7-11-23(30)19-22)35-14-16-36(17-15-35)29(37)33-26-13-6-5-12-25(26)31/h2-13,19H,14-18H2,1H3,(H,33,37). The zero-order valence-electron chi connectivity index (χ0n) is 20.5. The van der Waals surface area contributed by atoms with Crippen molar-refractivity contribution in [1.29, 1.82) is 0 Å². The number of rotatable bonds is 5. The SMILES string of the molecule is Cc1nc(-c2cccc(F)c2)nc(N2CCN(C(=O)Nc3ccccc3F)CC2)c1Cc1ccccc1. The van der Waals surface area contributed by atoms with E-state index in [1.807, 2.05) is 25.1 Å². The van der Waals surface area contributed by atoms with Crippen LogP contribution >= 0.6 is 0 Å². The van der Waals surface area contributed by atoms with Crippen LogP contribution in [0.5, 0.6) is 0 Å². The number of anilines is 2. The zero-order valence-corrected chi connectivity index (χ0v) is 20.5. The van der Waals surface area contributed by atoms with Crippen LogP contribution < -0.4 is 10.2 Å². The van der Waals surface area contributed by atoms with E-state index in [2.05, 4.69) is 22.3 Å². The quantitative estimate of drug-likeness (QED) is 0.384. The number of hydrogen-bond donors (Lipinski definition) is 1. The third-order valence-corrected chi connectivity index (χ3v) is 6.48. The molecule has 3 aromatic carbocycles. The van der Waals surface area contributed by atoms with Gasteiger partial charge in [-0.1, -0.05) is 54.6 Å². The topological polar surface area (TPSA) is 61.4 Å². The van der Waals surface area contributed by atoms with E-state index < -0.39 is 5.82 Å². The van der Waals surface area contributed by atoms with Crippen molar-refractivity contribution in [3.8, 4) is 11.4 Å². The van der Waals surface area contributed by atoms with Crippen molar-refractivity contribution in [3.05, 3.63) is 107 Å². The number of halogens is 2. The number of aryl methyl sites for hydroxylation is 1. The number of amides is 2. The zero-order chi connectivity index (χ0) is 25.8. The van der Waals surface area contributed by atoms with Gasteiger partial charge in [0.25, 0.3) is 0 Å². The number of nitrogens with one attached hydrogen (secondary N) is 1. The number of nitrogens with zero attached hydrogens (tertiary/aromatic N) is 4. The van der Waals surface area contributed by atoms with Crippen LogP contribution in [0.4, 0.5) is 25.1 Å². The van der Waals surface area contributed by atoms with Gasteiger partial charge in [0.1, 0.15) is 17.5 Å². The lowest BCUT2D eigenvalue weighted by atomic mass is 10.0. The molecule has 188 valence electrons. The number of carbonyl (C=O) groups excluding carboxylic acids is 1. The molecule has 0 saturated carbocycles. The molecule has 2 amide bonds. The molecule has 1 aromatic heterocycles. The molecule has 0 bridgehead atoms. The second-order valence-electron chi connectivity index (χ2n) is 8.99. The number of aromatic nitrogens is 2. The maximum atomic E-state index is 14.0. The van der Waals surface area contributed by atoms with Crippen molar-refractivity contribution in [1.82, 2.24) is 14.9 Å². The Morgan fingerprint density at radius 1 is 0.892 bits per heavy atom. The highest BCUT2D eigenvalue weighted by Gasteiger charge is 2.26. The summed E-state index contributed by atoms with van der Waals surface area (Å²) in [6.07, 6.45) is 0.652. The molecule has 2 heterocycles. The van der Waals surface area contributed by atoms with Crippen LogP contribution in [0, 0.1) is 18.6 Å². The van der Waals surface area contributed by atoms with Gasteiger partial charge in [-0.25, -0.2) is 23.5 Å². The summed E-state index contributed by atoms with van der Waals surface area (Å²) in [5, 5.41) is 2.66. The second-order valence-corrected chi connectivity index (χ2v) is 8.99. The highest BCUT2D eigenvalue weighted by molar-refractivity contribution is 5.89. The predicted octanol–water partition coefficient (Wildman–Crippen LogP) is 5.68. The molecular formula is C29H27F2N5O. The molecule has 8 heteroatoms. The molecule has 5 rings (SSSR count). The minimum atomic E-state index is -0.471. The van der Waals surface area contributed by atoms with Crippen LogP contribution in [0.1, 0.15) is 16.8 Å². The van der Waals surface area contributed by atoms with Gasteiger partial charge in [-0.3, -0.25) is 0 Å². The van der Waals surface area contributed by atoms with Crippen molar-refractivity contribution in [2.24, 2.45) is 0 Å². The monoisotopic (exact) mass is 499 g/mol. The van der Waals surface area contributed by atoms with Gasteiger partial charge in [0, 0.05) is 49.4 Å². The van der Waals surface area contributed by atoms with Gasteiger partial charge in [-0.15, -0.1) is 0 Å². The Labute approximate surface area is 214 Å². The van der Waals surface area contributed by atoms with Crippen LogP contribution in [0.25, 0.3) is 11.4 Å². The van der Waals surface area contributed by atoms with E-state index in [-0.39, 0.29) is 17.5 Å². The first kappa shape index (κ1) is 24.4. The molecule has 0 radical (unpaired) electrons. The molecule has 0 aliphatic carbocycles. The molecule has 0 unspecified atom stereocenters. The number of carbonyl (C=O) groups is 1. The van der Waals surface area contributed by atoms with Gasteiger partial charge in [0.15, 0.2) is 5.82 Å². The highest BCUT2D eigenvalue weighted by atomic mass is 19.1. The number of urea groups is 1. The fourth-order valence-electron chi connectivity index (χ4n) is 4.48. The number of hydrogen-bond acceptors (Lipinski definition) is 4. The van der Waals surface area contributed by atoms with Crippen LogP contribution in [0.15, 0.2) is 78.9 Å². The molecule has 1 saturated heterocycles. The summed E-state index contributed by atoms with van der Waals surface area (Å²) in [7, 11) is 0. The first-order chi connectivity index (χ1) is 18.0. The van der Waals surface area contributed by atoms with Gasteiger partial charge < -0.3 is 15.1 Å². The van der Waals surface area contributed by atoms with E-state index in [1.165, 1.54) is 24.3 Å². The fraction of sp³-hybridized carbons (Fsp3) is 0.207. The normalized spacial score (nSPS) is 13.5. The summed E-state index contributed by atoms with van der Waals surface area (Å²) in [5.41, 5.74) is 3.73. The van der Waals surface area contributed by atoms with E-state index in [4.69, 9.17) is 9.97 Å². The summed E-state index contributed by atoms with van der Waals surface area (Å²) in [6, 6.07) is 22.1. The lowest BCUT2D eigenvalue weighted by molar-refractivity contribution is 0.208. The van der Waals surface area contributed by atoms with Gasteiger partial charge >= 0.3 is 6.03 Å². The lowest BCUT2D eigenvalue weighted by Crippen LogP contribution is -2.50. The average Bonchev–Trinajstić information content (AvgIpc) is 2.91. The van der Waals surface area contributed by atoms with E-state index in [1.54, 1.807) is 29.2 Å². The van der Waals surface area contributed by atoms with Gasteiger partial charge in [-0.2, -0.15) is 0 Å². The second kappa shape index (κ2) is 10.7. The maximum Gasteiger partial charge on any atom is 0.322 e. The van der Waals surface area contributed by atoms with E-state index in [0.717, 1.165) is 22.6 Å². The van der Waals surface area contributed by atoms with Gasteiger partial charge in [0.05, 0.1) is 5.69 Å². The first-order valence-electron chi connectivity index (χ1n) is 12.2. The van der Waals surface area contributed by atoms with Crippen molar-refractivity contribution in [2.75, 3.05) is 36.4 Å². The highest BCUT2D eigenvalue weighted by Crippen LogP contribution is 2.29. The van der Waals surface area contributed by atoms with Crippen molar-refractivity contribution in [3.63, 3.8) is 0 Å².